The molecule has 0 saturated heterocycles. The molecule has 3 rings (SSSR count). The van der Waals surface area contributed by atoms with Gasteiger partial charge in [-0.2, -0.15) is 0 Å². The summed E-state index contributed by atoms with van der Waals surface area (Å²) in [7, 11) is 0. The maximum atomic E-state index is 12.9. The number of hydrogen-bond donors (Lipinski definition) is 1. The summed E-state index contributed by atoms with van der Waals surface area (Å²) < 4.78 is 0. The Labute approximate surface area is 138 Å². The van der Waals surface area contributed by atoms with Gasteiger partial charge >= 0.3 is 0 Å². The van der Waals surface area contributed by atoms with Gasteiger partial charge in [0, 0.05) is 27.7 Å². The first-order valence-electron chi connectivity index (χ1n) is 8.38. The third kappa shape index (κ3) is 1.92. The molecular weight excluding hydrogens is 288 g/mol. The van der Waals surface area contributed by atoms with E-state index in [-0.39, 0.29) is 17.5 Å². The van der Waals surface area contributed by atoms with E-state index < -0.39 is 16.9 Å². The van der Waals surface area contributed by atoms with Crippen LogP contribution >= 0.6 is 0 Å². The van der Waals surface area contributed by atoms with Crippen molar-refractivity contribution in [2.45, 2.75) is 60.5 Å². The summed E-state index contributed by atoms with van der Waals surface area (Å²) in [4.78, 5) is 25.8. The number of carbonyl (C=O) groups excluding carboxylic acids is 2. The van der Waals surface area contributed by atoms with Crippen LogP contribution in [0.25, 0.3) is 0 Å². The molecule has 0 aromatic rings. The Hall–Kier alpha value is -1.48. The highest BCUT2D eigenvalue weighted by Crippen LogP contribution is 2.60. The first kappa shape index (κ1) is 16.4. The van der Waals surface area contributed by atoms with Crippen LogP contribution in [-0.4, -0.2) is 22.8 Å². The highest BCUT2D eigenvalue weighted by Gasteiger charge is 2.57. The number of hydrogen-bond acceptors (Lipinski definition) is 3. The lowest BCUT2D eigenvalue weighted by molar-refractivity contribution is -0.121. The van der Waals surface area contributed by atoms with Crippen LogP contribution in [0.15, 0.2) is 33.9 Å². The molecule has 3 nitrogen and oxygen atoms in total. The van der Waals surface area contributed by atoms with Gasteiger partial charge in [0.2, 0.25) is 0 Å². The van der Waals surface area contributed by atoms with E-state index in [1.807, 2.05) is 6.92 Å². The van der Waals surface area contributed by atoms with Crippen molar-refractivity contribution in [3.63, 3.8) is 0 Å². The van der Waals surface area contributed by atoms with Gasteiger partial charge in [-0.1, -0.05) is 26.8 Å². The number of allylic oxidation sites excluding steroid dienone is 5. The van der Waals surface area contributed by atoms with Crippen LogP contribution in [0.1, 0.15) is 54.4 Å². The van der Waals surface area contributed by atoms with Gasteiger partial charge in [-0.25, -0.2) is 0 Å². The number of carbonyl (C=O) groups is 2. The van der Waals surface area contributed by atoms with E-state index in [4.69, 9.17) is 0 Å². The van der Waals surface area contributed by atoms with Crippen molar-refractivity contribution in [2.24, 2.45) is 16.7 Å². The van der Waals surface area contributed by atoms with Crippen LogP contribution in [-0.2, 0) is 9.59 Å². The molecule has 3 unspecified atom stereocenters. The lowest BCUT2D eigenvalue weighted by Gasteiger charge is -2.56. The van der Waals surface area contributed by atoms with Crippen molar-refractivity contribution in [3.05, 3.63) is 33.9 Å². The SMILES string of the molecule is CC1=CCC2C(C)(C)C3=C(CC2(C)C1O)C(=O)C(C)=C(C)C3=O. The standard InChI is InChI=1S/C20H26O3/c1-10-7-8-14-19(4,5)15-13(9-20(14,6)18(10)23)16(21)11(2)12(3)17(15)22/h7,14,18,23H,8-9H2,1-6H3. The Morgan fingerprint density at radius 2 is 1.61 bits per heavy atom. The topological polar surface area (TPSA) is 54.4 Å². The van der Waals surface area contributed by atoms with Gasteiger partial charge in [0.15, 0.2) is 11.6 Å². The molecule has 0 saturated carbocycles. The average molecular weight is 314 g/mol. The van der Waals surface area contributed by atoms with Crippen molar-refractivity contribution in [3.8, 4) is 0 Å². The monoisotopic (exact) mass is 314 g/mol. The Kier molecular flexibility index (Phi) is 3.39. The van der Waals surface area contributed by atoms with Crippen molar-refractivity contribution < 1.29 is 14.7 Å². The molecule has 0 radical (unpaired) electrons. The molecule has 0 fully saturated rings. The van der Waals surface area contributed by atoms with Gasteiger partial charge in [-0.3, -0.25) is 9.59 Å². The van der Waals surface area contributed by atoms with Crippen molar-refractivity contribution in [1.29, 1.82) is 0 Å². The van der Waals surface area contributed by atoms with E-state index in [0.29, 0.717) is 28.7 Å². The largest absolute Gasteiger partial charge is 0.388 e. The molecule has 124 valence electrons. The molecule has 3 aliphatic rings. The second kappa shape index (κ2) is 4.76. The zero-order chi connectivity index (χ0) is 17.3. The molecule has 0 spiro atoms. The molecule has 3 atom stereocenters. The second-order valence-electron chi connectivity index (χ2n) is 8.31. The summed E-state index contributed by atoms with van der Waals surface area (Å²) in [6, 6.07) is 0. The van der Waals surface area contributed by atoms with Gasteiger partial charge in [0.25, 0.3) is 0 Å². The van der Waals surface area contributed by atoms with Crippen LogP contribution in [0, 0.1) is 16.7 Å². The molecular formula is C20H26O3. The third-order valence-electron chi connectivity index (χ3n) is 6.65. The fourth-order valence-electron chi connectivity index (χ4n) is 5.14. The Balaban J connectivity index is 2.23. The molecule has 0 aromatic heterocycles. The third-order valence-corrected chi connectivity index (χ3v) is 6.65. The lowest BCUT2D eigenvalue weighted by Crippen LogP contribution is -2.54. The fraction of sp³-hybridized carbons (Fsp3) is 0.600. The van der Waals surface area contributed by atoms with Crippen LogP contribution < -0.4 is 0 Å². The van der Waals surface area contributed by atoms with E-state index in [1.165, 1.54) is 0 Å². The lowest BCUT2D eigenvalue weighted by atomic mass is 9.48. The highest BCUT2D eigenvalue weighted by molar-refractivity contribution is 6.25. The van der Waals surface area contributed by atoms with Gasteiger partial charge in [-0.05, 0) is 50.5 Å². The first-order valence-corrected chi connectivity index (χ1v) is 8.38. The van der Waals surface area contributed by atoms with E-state index in [2.05, 4.69) is 26.8 Å². The molecule has 0 aromatic carbocycles. The predicted molar refractivity (Wildman–Crippen MR) is 89.8 cm³/mol. The number of fused-ring (bicyclic) bond motifs is 1. The van der Waals surface area contributed by atoms with Gasteiger partial charge < -0.3 is 5.11 Å². The maximum Gasteiger partial charge on any atom is 0.186 e. The van der Waals surface area contributed by atoms with Crippen LogP contribution in [0.2, 0.25) is 0 Å². The Bertz CT molecular complexity index is 717. The van der Waals surface area contributed by atoms with E-state index in [0.717, 1.165) is 12.0 Å². The smallest absolute Gasteiger partial charge is 0.186 e. The summed E-state index contributed by atoms with van der Waals surface area (Å²) in [5.41, 5.74) is 2.61. The van der Waals surface area contributed by atoms with Crippen molar-refractivity contribution >= 4 is 11.6 Å². The van der Waals surface area contributed by atoms with E-state index >= 15 is 0 Å². The van der Waals surface area contributed by atoms with Crippen molar-refractivity contribution in [1.82, 2.24) is 0 Å². The minimum atomic E-state index is -0.565. The molecule has 0 bridgehead atoms. The fourth-order valence-corrected chi connectivity index (χ4v) is 5.14. The van der Waals surface area contributed by atoms with Crippen molar-refractivity contribution in [2.75, 3.05) is 0 Å². The number of aliphatic hydroxyl groups is 1. The summed E-state index contributed by atoms with van der Waals surface area (Å²) in [6.07, 6.45) is 2.85. The van der Waals surface area contributed by atoms with E-state index in [1.54, 1.807) is 13.8 Å². The Morgan fingerprint density at radius 3 is 2.22 bits per heavy atom. The second-order valence-corrected chi connectivity index (χ2v) is 8.31. The number of ketones is 2. The summed E-state index contributed by atoms with van der Waals surface area (Å²) >= 11 is 0. The number of rotatable bonds is 0. The minimum Gasteiger partial charge on any atom is -0.388 e. The first-order chi connectivity index (χ1) is 10.5. The van der Waals surface area contributed by atoms with Crippen LogP contribution in [0.4, 0.5) is 0 Å². The van der Waals surface area contributed by atoms with E-state index in [9.17, 15) is 14.7 Å². The number of Topliss-reactive ketones (excluding diaryl/α,β-unsaturated/α-hetero) is 2. The van der Waals surface area contributed by atoms with Gasteiger partial charge in [0.05, 0.1) is 6.10 Å². The molecule has 0 amide bonds. The number of aliphatic hydroxyl groups excluding tert-OH is 1. The summed E-state index contributed by atoms with van der Waals surface area (Å²) in [5.74, 6) is 0.157. The molecule has 3 heteroatoms. The molecule has 3 aliphatic carbocycles. The zero-order valence-electron chi connectivity index (χ0n) is 14.9. The minimum absolute atomic E-state index is 0.00995. The quantitative estimate of drug-likeness (QED) is 0.549. The summed E-state index contributed by atoms with van der Waals surface area (Å²) in [5, 5.41) is 10.8. The molecule has 1 N–H and O–H groups in total. The molecule has 0 aliphatic heterocycles. The normalized spacial score (nSPS) is 36.7. The highest BCUT2D eigenvalue weighted by atomic mass is 16.3. The maximum absolute atomic E-state index is 12.9. The zero-order valence-corrected chi connectivity index (χ0v) is 14.9. The van der Waals surface area contributed by atoms with Gasteiger partial charge in [-0.15, -0.1) is 0 Å². The molecule has 23 heavy (non-hydrogen) atoms. The van der Waals surface area contributed by atoms with Gasteiger partial charge in [0.1, 0.15) is 0 Å². The summed E-state index contributed by atoms with van der Waals surface area (Å²) in [6.45, 7) is 11.6. The van der Waals surface area contributed by atoms with Crippen LogP contribution in [0.3, 0.4) is 0 Å². The molecule has 0 heterocycles. The Morgan fingerprint density at radius 1 is 1.04 bits per heavy atom. The average Bonchev–Trinajstić information content (AvgIpc) is 2.47. The van der Waals surface area contributed by atoms with Crippen LogP contribution in [0.5, 0.6) is 0 Å². The predicted octanol–water partition coefficient (Wildman–Crippen LogP) is 3.53.